The quantitative estimate of drug-likeness (QED) is 0.914. The molecule has 1 aromatic heterocycles. The summed E-state index contributed by atoms with van der Waals surface area (Å²) in [5.41, 5.74) is 0. The fourth-order valence-electron chi connectivity index (χ4n) is 5.09. The third-order valence-corrected chi connectivity index (χ3v) is 6.63. The second-order valence-electron chi connectivity index (χ2n) is 8.06. The fourth-order valence-corrected chi connectivity index (χ4v) is 5.09. The topological polar surface area (TPSA) is 48.7 Å². The Balaban J connectivity index is 1.25. The minimum atomic E-state index is -0.161. The van der Waals surface area contributed by atoms with Crippen LogP contribution in [0.2, 0.25) is 0 Å². The predicted molar refractivity (Wildman–Crippen MR) is 97.2 cm³/mol. The molecule has 2 atom stereocenters. The van der Waals surface area contributed by atoms with Gasteiger partial charge in [0, 0.05) is 56.6 Å². The molecule has 138 valence electrons. The highest BCUT2D eigenvalue weighted by Crippen LogP contribution is 2.33. The molecule has 3 fully saturated rings. The summed E-state index contributed by atoms with van der Waals surface area (Å²) in [7, 11) is 0. The molecule has 2 aliphatic carbocycles. The Morgan fingerprint density at radius 2 is 1.56 bits per heavy atom. The second kappa shape index (κ2) is 7.50. The van der Waals surface area contributed by atoms with Gasteiger partial charge in [0.1, 0.15) is 0 Å². The summed E-state index contributed by atoms with van der Waals surface area (Å²) in [6.45, 7) is 3.51. The van der Waals surface area contributed by atoms with E-state index >= 15 is 0 Å². The van der Waals surface area contributed by atoms with Gasteiger partial charge in [0.05, 0.1) is 6.10 Å². The van der Waals surface area contributed by atoms with Crippen LogP contribution in [-0.2, 0) is 4.79 Å². The van der Waals surface area contributed by atoms with Crippen LogP contribution >= 0.6 is 0 Å². The van der Waals surface area contributed by atoms with Crippen LogP contribution in [0.1, 0.15) is 51.0 Å². The lowest BCUT2D eigenvalue weighted by Gasteiger charge is -2.41. The molecule has 2 saturated carbocycles. The standard InChI is InChI=1S/C20H31N3O2/c24-19-5-3-4-18(19)22-12-14-23(15-13-22)20(25)16-6-8-17(9-7-16)21-10-1-2-11-21/h1-2,10-11,16-19,24H,3-9,12-15H2/t16?,17?,18-,19+/m0/s1. The Morgan fingerprint density at radius 1 is 0.880 bits per heavy atom. The van der Waals surface area contributed by atoms with Gasteiger partial charge in [0.25, 0.3) is 0 Å². The molecule has 0 aromatic carbocycles. The number of nitrogens with zero attached hydrogens (tertiary/aromatic N) is 3. The molecular weight excluding hydrogens is 314 g/mol. The molecule has 1 saturated heterocycles. The Labute approximate surface area is 150 Å². The third-order valence-electron chi connectivity index (χ3n) is 6.63. The predicted octanol–water partition coefficient (Wildman–Crippen LogP) is 2.28. The lowest BCUT2D eigenvalue weighted by atomic mass is 9.85. The lowest BCUT2D eigenvalue weighted by molar-refractivity contribution is -0.139. The van der Waals surface area contributed by atoms with Crippen LogP contribution in [0, 0.1) is 5.92 Å². The Hall–Kier alpha value is -1.33. The molecule has 0 spiro atoms. The minimum absolute atomic E-state index is 0.161. The average Bonchev–Trinajstić information content (AvgIpc) is 3.33. The van der Waals surface area contributed by atoms with Gasteiger partial charge in [-0.25, -0.2) is 0 Å². The largest absolute Gasteiger partial charge is 0.391 e. The summed E-state index contributed by atoms with van der Waals surface area (Å²) < 4.78 is 2.30. The normalized spacial score (nSPS) is 34.4. The maximum Gasteiger partial charge on any atom is 0.225 e. The van der Waals surface area contributed by atoms with Crippen LogP contribution in [-0.4, -0.2) is 63.7 Å². The Bertz CT molecular complexity index is 558. The number of aliphatic hydroxyl groups is 1. The minimum Gasteiger partial charge on any atom is -0.391 e. The number of aromatic nitrogens is 1. The first-order chi connectivity index (χ1) is 12.2. The molecule has 4 rings (SSSR count). The zero-order chi connectivity index (χ0) is 17.2. The van der Waals surface area contributed by atoms with Gasteiger partial charge in [-0.15, -0.1) is 0 Å². The molecule has 3 aliphatic rings. The smallest absolute Gasteiger partial charge is 0.225 e. The van der Waals surface area contributed by atoms with Crippen LogP contribution in [0.15, 0.2) is 24.5 Å². The average molecular weight is 345 g/mol. The van der Waals surface area contributed by atoms with E-state index in [1.54, 1.807) is 0 Å². The van der Waals surface area contributed by atoms with Gasteiger partial charge < -0.3 is 14.6 Å². The van der Waals surface area contributed by atoms with Crippen molar-refractivity contribution in [2.45, 2.75) is 63.1 Å². The van der Waals surface area contributed by atoms with Crippen LogP contribution in [0.4, 0.5) is 0 Å². The molecule has 25 heavy (non-hydrogen) atoms. The zero-order valence-electron chi connectivity index (χ0n) is 15.1. The molecule has 1 aromatic rings. The van der Waals surface area contributed by atoms with Crippen molar-refractivity contribution >= 4 is 5.91 Å². The van der Waals surface area contributed by atoms with Crippen molar-refractivity contribution in [3.63, 3.8) is 0 Å². The summed E-state index contributed by atoms with van der Waals surface area (Å²) in [6, 6.07) is 5.06. The molecular formula is C20H31N3O2. The SMILES string of the molecule is O=C(C1CCC(n2cccc2)CC1)N1CCN([C@H]2CCC[C@H]2O)CC1. The van der Waals surface area contributed by atoms with Crippen molar-refractivity contribution in [3.8, 4) is 0 Å². The molecule has 0 radical (unpaired) electrons. The number of rotatable bonds is 3. The van der Waals surface area contributed by atoms with E-state index in [0.717, 1.165) is 71.1 Å². The van der Waals surface area contributed by atoms with E-state index in [1.807, 2.05) is 0 Å². The van der Waals surface area contributed by atoms with Crippen molar-refractivity contribution in [2.75, 3.05) is 26.2 Å². The van der Waals surface area contributed by atoms with E-state index in [1.165, 1.54) is 0 Å². The van der Waals surface area contributed by atoms with Crippen molar-refractivity contribution in [3.05, 3.63) is 24.5 Å². The van der Waals surface area contributed by atoms with Gasteiger partial charge in [-0.1, -0.05) is 0 Å². The van der Waals surface area contributed by atoms with Gasteiger partial charge in [-0.05, 0) is 57.1 Å². The van der Waals surface area contributed by atoms with Gasteiger partial charge in [0.2, 0.25) is 5.91 Å². The first-order valence-corrected chi connectivity index (χ1v) is 10.1. The highest BCUT2D eigenvalue weighted by atomic mass is 16.3. The van der Waals surface area contributed by atoms with Crippen LogP contribution in [0.3, 0.4) is 0 Å². The molecule has 0 unspecified atom stereocenters. The molecule has 5 heteroatoms. The van der Waals surface area contributed by atoms with Gasteiger partial charge in [0.15, 0.2) is 0 Å². The molecule has 1 N–H and O–H groups in total. The van der Waals surface area contributed by atoms with Crippen LogP contribution in [0.25, 0.3) is 0 Å². The Kier molecular flexibility index (Phi) is 5.13. The number of amides is 1. The van der Waals surface area contributed by atoms with Crippen molar-refractivity contribution in [1.82, 2.24) is 14.4 Å². The number of piperazine rings is 1. The lowest BCUT2D eigenvalue weighted by Crippen LogP contribution is -2.54. The van der Waals surface area contributed by atoms with E-state index in [9.17, 15) is 9.90 Å². The summed E-state index contributed by atoms with van der Waals surface area (Å²) in [6.07, 6.45) is 11.6. The highest BCUT2D eigenvalue weighted by molar-refractivity contribution is 5.79. The summed E-state index contributed by atoms with van der Waals surface area (Å²) in [4.78, 5) is 17.4. The van der Waals surface area contributed by atoms with Crippen LogP contribution in [0.5, 0.6) is 0 Å². The van der Waals surface area contributed by atoms with Crippen LogP contribution < -0.4 is 0 Å². The van der Waals surface area contributed by atoms with Gasteiger partial charge >= 0.3 is 0 Å². The van der Waals surface area contributed by atoms with Crippen molar-refractivity contribution in [1.29, 1.82) is 0 Å². The maximum absolute atomic E-state index is 12.9. The van der Waals surface area contributed by atoms with E-state index in [-0.39, 0.29) is 12.0 Å². The number of carbonyl (C=O) groups excluding carboxylic acids is 1. The molecule has 5 nitrogen and oxygen atoms in total. The molecule has 2 heterocycles. The molecule has 0 bridgehead atoms. The van der Waals surface area contributed by atoms with Gasteiger partial charge in [-0.2, -0.15) is 0 Å². The number of aliphatic hydroxyl groups excluding tert-OH is 1. The van der Waals surface area contributed by atoms with E-state index in [2.05, 4.69) is 38.9 Å². The monoisotopic (exact) mass is 345 g/mol. The second-order valence-corrected chi connectivity index (χ2v) is 8.06. The molecule has 1 amide bonds. The number of hydrogen-bond donors (Lipinski definition) is 1. The third kappa shape index (κ3) is 3.63. The van der Waals surface area contributed by atoms with E-state index in [4.69, 9.17) is 0 Å². The zero-order valence-corrected chi connectivity index (χ0v) is 15.1. The van der Waals surface area contributed by atoms with E-state index < -0.39 is 0 Å². The summed E-state index contributed by atoms with van der Waals surface area (Å²) in [5.74, 6) is 0.591. The summed E-state index contributed by atoms with van der Waals surface area (Å²) >= 11 is 0. The summed E-state index contributed by atoms with van der Waals surface area (Å²) in [5, 5.41) is 10.1. The number of carbonyl (C=O) groups is 1. The Morgan fingerprint density at radius 3 is 2.16 bits per heavy atom. The molecule has 1 aliphatic heterocycles. The van der Waals surface area contributed by atoms with E-state index in [0.29, 0.717) is 18.0 Å². The fraction of sp³-hybridized carbons (Fsp3) is 0.750. The first-order valence-electron chi connectivity index (χ1n) is 10.1. The number of hydrogen-bond acceptors (Lipinski definition) is 3. The highest BCUT2D eigenvalue weighted by Gasteiger charge is 2.35. The first kappa shape index (κ1) is 17.1. The van der Waals surface area contributed by atoms with Crippen molar-refractivity contribution < 1.29 is 9.90 Å². The van der Waals surface area contributed by atoms with Gasteiger partial charge in [-0.3, -0.25) is 9.69 Å². The maximum atomic E-state index is 12.9. The van der Waals surface area contributed by atoms with Crippen molar-refractivity contribution in [2.24, 2.45) is 5.92 Å².